The smallest absolute Gasteiger partial charge is 0.204 e. The van der Waals surface area contributed by atoms with Crippen LogP contribution >= 0.6 is 15.9 Å². The monoisotopic (exact) mass is 317 g/mol. The Bertz CT molecular complexity index is 410. The first-order chi connectivity index (χ1) is 8.60. The average Bonchev–Trinajstić information content (AvgIpc) is 2.37. The minimum Gasteiger partial charge on any atom is -0.492 e. The van der Waals surface area contributed by atoms with Crippen molar-refractivity contribution in [3.05, 3.63) is 16.1 Å². The summed E-state index contributed by atoms with van der Waals surface area (Å²) in [6.07, 6.45) is 1.90. The van der Waals surface area contributed by atoms with E-state index < -0.39 is 0 Å². The van der Waals surface area contributed by atoms with Gasteiger partial charge in [-0.15, -0.1) is 0 Å². The molecule has 1 aromatic carbocycles. The molecule has 0 saturated heterocycles. The molecule has 1 atom stereocenters. The molecule has 0 radical (unpaired) electrons. The number of hydrogen-bond acceptors (Lipinski definition) is 4. The van der Waals surface area contributed by atoms with Gasteiger partial charge in [-0.3, -0.25) is 0 Å². The first-order valence-electron chi connectivity index (χ1n) is 5.84. The van der Waals surface area contributed by atoms with Crippen molar-refractivity contribution in [3.63, 3.8) is 0 Å². The summed E-state index contributed by atoms with van der Waals surface area (Å²) in [5.74, 6) is 1.82. The molecule has 5 heteroatoms. The molecule has 0 bridgehead atoms. The van der Waals surface area contributed by atoms with Crippen LogP contribution in [0, 0.1) is 0 Å². The molecule has 0 spiro atoms. The third-order valence-electron chi connectivity index (χ3n) is 2.79. The molecule has 0 aliphatic rings. The van der Waals surface area contributed by atoms with Crippen LogP contribution in [0.5, 0.6) is 17.2 Å². The van der Waals surface area contributed by atoms with Crippen LogP contribution < -0.4 is 19.9 Å². The van der Waals surface area contributed by atoms with Crippen LogP contribution in [-0.4, -0.2) is 21.3 Å². The van der Waals surface area contributed by atoms with Gasteiger partial charge >= 0.3 is 0 Å². The Balaban J connectivity index is 3.39. The molecule has 4 nitrogen and oxygen atoms in total. The second-order valence-electron chi connectivity index (χ2n) is 3.94. The maximum atomic E-state index is 6.17. The molecule has 102 valence electrons. The predicted octanol–water partition coefficient (Wildman–Crippen LogP) is 3.27. The quantitative estimate of drug-likeness (QED) is 0.874. The van der Waals surface area contributed by atoms with Crippen molar-refractivity contribution in [1.82, 2.24) is 0 Å². The van der Waals surface area contributed by atoms with Crippen LogP contribution in [0.25, 0.3) is 0 Å². The first-order valence-corrected chi connectivity index (χ1v) is 6.63. The Hall–Kier alpha value is -0.940. The zero-order valence-electron chi connectivity index (χ0n) is 11.2. The fourth-order valence-corrected chi connectivity index (χ4v) is 2.53. The van der Waals surface area contributed by atoms with E-state index in [1.54, 1.807) is 21.3 Å². The van der Waals surface area contributed by atoms with Crippen LogP contribution in [0.2, 0.25) is 0 Å². The predicted molar refractivity (Wildman–Crippen MR) is 75.6 cm³/mol. The van der Waals surface area contributed by atoms with Gasteiger partial charge in [0.2, 0.25) is 5.75 Å². The summed E-state index contributed by atoms with van der Waals surface area (Å²) in [7, 11) is 4.78. The fraction of sp³-hybridized carbons (Fsp3) is 0.538. The molecule has 0 aromatic heterocycles. The largest absolute Gasteiger partial charge is 0.492 e. The molecular formula is C13H20BrNO3. The molecule has 0 aliphatic heterocycles. The highest BCUT2D eigenvalue weighted by Crippen LogP contribution is 2.46. The van der Waals surface area contributed by atoms with Crippen molar-refractivity contribution in [2.45, 2.75) is 25.8 Å². The molecular weight excluding hydrogens is 298 g/mol. The highest BCUT2D eigenvalue weighted by atomic mass is 79.9. The molecule has 1 rings (SSSR count). The second-order valence-corrected chi connectivity index (χ2v) is 4.80. The Morgan fingerprint density at radius 3 is 2.11 bits per heavy atom. The third-order valence-corrected chi connectivity index (χ3v) is 3.37. The van der Waals surface area contributed by atoms with Crippen LogP contribution in [0.1, 0.15) is 31.4 Å². The number of nitrogens with two attached hydrogens (primary N) is 1. The molecule has 0 saturated carbocycles. The summed E-state index contributed by atoms with van der Waals surface area (Å²) < 4.78 is 16.9. The Morgan fingerprint density at radius 2 is 1.67 bits per heavy atom. The van der Waals surface area contributed by atoms with E-state index in [0.717, 1.165) is 22.9 Å². The number of halogens is 1. The summed E-state index contributed by atoms with van der Waals surface area (Å²) >= 11 is 3.47. The highest BCUT2D eigenvalue weighted by molar-refractivity contribution is 9.10. The normalized spacial score (nSPS) is 12.1. The van der Waals surface area contributed by atoms with Gasteiger partial charge < -0.3 is 19.9 Å². The van der Waals surface area contributed by atoms with Gasteiger partial charge in [0.05, 0.1) is 25.8 Å². The van der Waals surface area contributed by atoms with E-state index >= 15 is 0 Å². The van der Waals surface area contributed by atoms with Crippen LogP contribution in [0.3, 0.4) is 0 Å². The van der Waals surface area contributed by atoms with Crippen molar-refractivity contribution in [2.75, 3.05) is 21.3 Å². The van der Waals surface area contributed by atoms with Gasteiger partial charge in [-0.05, 0) is 28.4 Å². The minimum atomic E-state index is -0.0824. The van der Waals surface area contributed by atoms with Crippen molar-refractivity contribution in [1.29, 1.82) is 0 Å². The van der Waals surface area contributed by atoms with Gasteiger partial charge in [0, 0.05) is 11.6 Å². The zero-order chi connectivity index (χ0) is 13.7. The summed E-state index contributed by atoms with van der Waals surface area (Å²) in [5, 5.41) is 0. The van der Waals surface area contributed by atoms with E-state index in [1.165, 1.54) is 0 Å². The van der Waals surface area contributed by atoms with E-state index in [1.807, 2.05) is 6.07 Å². The van der Waals surface area contributed by atoms with Crippen molar-refractivity contribution in [3.8, 4) is 17.2 Å². The van der Waals surface area contributed by atoms with E-state index in [-0.39, 0.29) is 6.04 Å². The van der Waals surface area contributed by atoms with Gasteiger partial charge in [0.25, 0.3) is 0 Å². The lowest BCUT2D eigenvalue weighted by Gasteiger charge is -2.20. The molecule has 18 heavy (non-hydrogen) atoms. The van der Waals surface area contributed by atoms with Crippen molar-refractivity contribution < 1.29 is 14.2 Å². The Labute approximate surface area is 117 Å². The van der Waals surface area contributed by atoms with E-state index in [0.29, 0.717) is 17.2 Å². The maximum Gasteiger partial charge on any atom is 0.204 e. The molecule has 1 aromatic rings. The van der Waals surface area contributed by atoms with E-state index in [9.17, 15) is 0 Å². The molecule has 1 unspecified atom stereocenters. The van der Waals surface area contributed by atoms with Gasteiger partial charge in [0.1, 0.15) is 0 Å². The SMILES string of the molecule is CCCC(N)c1cc(Br)c(OC)c(OC)c1OC. The number of ether oxygens (including phenoxy) is 3. The molecule has 0 amide bonds. The number of hydrogen-bond donors (Lipinski definition) is 1. The summed E-state index contributed by atoms with van der Waals surface area (Å²) in [6.45, 7) is 2.10. The number of methoxy groups -OCH3 is 3. The zero-order valence-corrected chi connectivity index (χ0v) is 12.8. The van der Waals surface area contributed by atoms with Gasteiger partial charge in [-0.25, -0.2) is 0 Å². The Kier molecular flexibility index (Phi) is 5.75. The second kappa shape index (κ2) is 6.85. The van der Waals surface area contributed by atoms with Gasteiger partial charge in [-0.2, -0.15) is 0 Å². The molecule has 0 heterocycles. The summed E-state index contributed by atoms with van der Waals surface area (Å²) in [4.78, 5) is 0. The van der Waals surface area contributed by atoms with Gasteiger partial charge in [-0.1, -0.05) is 13.3 Å². The van der Waals surface area contributed by atoms with E-state index in [4.69, 9.17) is 19.9 Å². The van der Waals surface area contributed by atoms with Crippen LogP contribution in [-0.2, 0) is 0 Å². The molecule has 0 aliphatic carbocycles. The third kappa shape index (κ3) is 2.90. The highest BCUT2D eigenvalue weighted by Gasteiger charge is 2.22. The molecule has 0 fully saturated rings. The fourth-order valence-electron chi connectivity index (χ4n) is 1.94. The lowest BCUT2D eigenvalue weighted by atomic mass is 10.0. The number of benzene rings is 1. The average molecular weight is 318 g/mol. The number of rotatable bonds is 6. The summed E-state index contributed by atoms with van der Waals surface area (Å²) in [5.41, 5.74) is 7.09. The van der Waals surface area contributed by atoms with Crippen LogP contribution in [0.4, 0.5) is 0 Å². The van der Waals surface area contributed by atoms with E-state index in [2.05, 4.69) is 22.9 Å². The van der Waals surface area contributed by atoms with Gasteiger partial charge in [0.15, 0.2) is 11.5 Å². The van der Waals surface area contributed by atoms with Crippen molar-refractivity contribution in [2.24, 2.45) is 5.73 Å². The Morgan fingerprint density at radius 1 is 1.11 bits per heavy atom. The lowest BCUT2D eigenvalue weighted by Crippen LogP contribution is -2.12. The standard InChI is InChI=1S/C13H20BrNO3/c1-5-6-10(15)8-7-9(14)12(17-3)13(18-4)11(8)16-2/h7,10H,5-6,15H2,1-4H3. The lowest BCUT2D eigenvalue weighted by molar-refractivity contribution is 0.319. The van der Waals surface area contributed by atoms with Crippen LogP contribution in [0.15, 0.2) is 10.5 Å². The minimum absolute atomic E-state index is 0.0824. The van der Waals surface area contributed by atoms with Crippen molar-refractivity contribution >= 4 is 15.9 Å². The molecule has 2 N–H and O–H groups in total. The maximum absolute atomic E-state index is 6.17. The first kappa shape index (κ1) is 15.1. The summed E-state index contributed by atoms with van der Waals surface area (Å²) in [6, 6.07) is 1.85. The topological polar surface area (TPSA) is 53.7 Å².